The van der Waals surface area contributed by atoms with E-state index < -0.39 is 0 Å². The smallest absolute Gasteiger partial charge is 0.223 e. The number of methoxy groups -OCH3 is 1. The van der Waals surface area contributed by atoms with E-state index in [2.05, 4.69) is 10.2 Å². The summed E-state index contributed by atoms with van der Waals surface area (Å²) in [5, 5.41) is 8.69. The van der Waals surface area contributed by atoms with Crippen LogP contribution in [0.3, 0.4) is 0 Å². The molecule has 0 radical (unpaired) electrons. The van der Waals surface area contributed by atoms with Crippen molar-refractivity contribution in [2.75, 3.05) is 25.1 Å². The van der Waals surface area contributed by atoms with E-state index in [1.165, 1.54) is 0 Å². The van der Waals surface area contributed by atoms with Gasteiger partial charge in [0.05, 0.1) is 19.0 Å². The van der Waals surface area contributed by atoms with Crippen molar-refractivity contribution in [3.8, 4) is 17.0 Å². The highest BCUT2D eigenvalue weighted by molar-refractivity contribution is 7.20. The Kier molecular flexibility index (Phi) is 5.21. The number of rotatable bonds is 5. The second-order valence-electron chi connectivity index (χ2n) is 7.39. The first kappa shape index (κ1) is 18.7. The fourth-order valence-electron chi connectivity index (χ4n) is 3.45. The lowest BCUT2D eigenvalue weighted by atomic mass is 9.96. The van der Waals surface area contributed by atoms with Gasteiger partial charge in [-0.3, -0.25) is 4.79 Å². The number of hydrogen-bond acceptors (Lipinski definition) is 6. The Bertz CT molecular complexity index is 923. The number of anilines is 1. The number of ether oxygens (including phenoxy) is 1. The van der Waals surface area contributed by atoms with Crippen LogP contribution >= 0.6 is 11.3 Å². The molecule has 8 heteroatoms. The standard InChI is InChI=1S/C20H25N5O2S/c1-13(2)21-18(26)15-8-10-24(11-9-15)20-23-25-12-17(22-19(25)28-20)14-4-6-16(27-3)7-5-14/h4-7,12-13,15H,8-11H2,1-3H3,(H,21,26). The van der Waals surface area contributed by atoms with Crippen LogP contribution in [-0.2, 0) is 4.79 Å². The molecule has 28 heavy (non-hydrogen) atoms. The van der Waals surface area contributed by atoms with Crippen LogP contribution in [0, 0.1) is 5.92 Å². The number of amides is 1. The number of benzene rings is 1. The molecule has 0 spiro atoms. The summed E-state index contributed by atoms with van der Waals surface area (Å²) in [6.07, 6.45) is 3.68. The molecule has 3 heterocycles. The molecule has 0 saturated carbocycles. The Morgan fingerprint density at radius 3 is 2.57 bits per heavy atom. The van der Waals surface area contributed by atoms with Crippen molar-refractivity contribution in [3.05, 3.63) is 30.5 Å². The van der Waals surface area contributed by atoms with E-state index in [-0.39, 0.29) is 17.9 Å². The first-order chi connectivity index (χ1) is 13.5. The van der Waals surface area contributed by atoms with Gasteiger partial charge in [-0.15, -0.1) is 5.10 Å². The van der Waals surface area contributed by atoms with Crippen molar-refractivity contribution >= 4 is 27.3 Å². The highest BCUT2D eigenvalue weighted by Crippen LogP contribution is 2.30. The topological polar surface area (TPSA) is 71.8 Å². The number of carbonyl (C=O) groups is 1. The molecule has 3 aromatic rings. The molecule has 1 aliphatic heterocycles. The minimum absolute atomic E-state index is 0.101. The lowest BCUT2D eigenvalue weighted by Gasteiger charge is -2.31. The Morgan fingerprint density at radius 2 is 1.96 bits per heavy atom. The van der Waals surface area contributed by atoms with Gasteiger partial charge in [0.1, 0.15) is 5.75 Å². The van der Waals surface area contributed by atoms with Gasteiger partial charge in [0.25, 0.3) is 0 Å². The second kappa shape index (κ2) is 7.79. The quantitative estimate of drug-likeness (QED) is 0.713. The van der Waals surface area contributed by atoms with Crippen molar-refractivity contribution in [1.29, 1.82) is 0 Å². The first-order valence-corrected chi connectivity index (χ1v) is 10.4. The van der Waals surface area contributed by atoms with Crippen LogP contribution in [0.1, 0.15) is 26.7 Å². The molecule has 4 rings (SSSR count). The predicted octanol–water partition coefficient (Wildman–Crippen LogP) is 3.21. The molecule has 1 amide bonds. The molecule has 1 aliphatic rings. The van der Waals surface area contributed by atoms with E-state index in [1.807, 2.05) is 48.8 Å². The zero-order chi connectivity index (χ0) is 19.7. The zero-order valence-corrected chi connectivity index (χ0v) is 17.2. The van der Waals surface area contributed by atoms with Crippen LogP contribution < -0.4 is 15.0 Å². The summed E-state index contributed by atoms with van der Waals surface area (Å²) in [4.78, 5) is 20.0. The average Bonchev–Trinajstić information content (AvgIpc) is 3.27. The van der Waals surface area contributed by atoms with Gasteiger partial charge in [-0.05, 0) is 51.0 Å². The average molecular weight is 400 g/mol. The molecule has 0 aliphatic carbocycles. The van der Waals surface area contributed by atoms with E-state index in [0.717, 1.165) is 53.0 Å². The highest BCUT2D eigenvalue weighted by Gasteiger charge is 2.27. The van der Waals surface area contributed by atoms with Crippen LogP contribution in [0.15, 0.2) is 30.5 Å². The SMILES string of the molecule is COc1ccc(-c2cn3nc(N4CCC(C(=O)NC(C)C)CC4)sc3n2)cc1. The summed E-state index contributed by atoms with van der Waals surface area (Å²) in [5.74, 6) is 1.10. The van der Waals surface area contributed by atoms with E-state index in [4.69, 9.17) is 14.8 Å². The Hall–Kier alpha value is -2.61. The fraction of sp³-hybridized carbons (Fsp3) is 0.450. The molecular formula is C20H25N5O2S. The largest absolute Gasteiger partial charge is 0.497 e. The normalized spacial score (nSPS) is 15.4. The number of imidazole rings is 1. The van der Waals surface area contributed by atoms with Gasteiger partial charge >= 0.3 is 0 Å². The van der Waals surface area contributed by atoms with Crippen molar-refractivity contribution in [2.45, 2.75) is 32.7 Å². The van der Waals surface area contributed by atoms with Gasteiger partial charge in [0, 0.05) is 30.6 Å². The number of aromatic nitrogens is 3. The van der Waals surface area contributed by atoms with Crippen LogP contribution in [0.25, 0.3) is 16.2 Å². The molecular weight excluding hydrogens is 374 g/mol. The number of nitrogens with one attached hydrogen (secondary N) is 1. The third kappa shape index (κ3) is 3.82. The van der Waals surface area contributed by atoms with Gasteiger partial charge in [0.15, 0.2) is 0 Å². The summed E-state index contributed by atoms with van der Waals surface area (Å²) in [6.45, 7) is 5.69. The van der Waals surface area contributed by atoms with Crippen molar-refractivity contribution < 1.29 is 9.53 Å². The van der Waals surface area contributed by atoms with Gasteiger partial charge in [-0.25, -0.2) is 9.50 Å². The lowest BCUT2D eigenvalue weighted by Crippen LogP contribution is -2.42. The second-order valence-corrected chi connectivity index (χ2v) is 8.33. The predicted molar refractivity (Wildman–Crippen MR) is 111 cm³/mol. The summed E-state index contributed by atoms with van der Waals surface area (Å²) in [5.41, 5.74) is 1.94. The molecule has 1 saturated heterocycles. The summed E-state index contributed by atoms with van der Waals surface area (Å²) in [6, 6.07) is 8.05. The minimum atomic E-state index is 0.101. The lowest BCUT2D eigenvalue weighted by molar-refractivity contribution is -0.126. The maximum absolute atomic E-state index is 12.2. The molecule has 0 unspecified atom stereocenters. The summed E-state index contributed by atoms with van der Waals surface area (Å²) in [7, 11) is 1.66. The van der Waals surface area contributed by atoms with Crippen LogP contribution in [0.2, 0.25) is 0 Å². The number of hydrogen-bond donors (Lipinski definition) is 1. The van der Waals surface area contributed by atoms with Gasteiger partial charge < -0.3 is 15.0 Å². The highest BCUT2D eigenvalue weighted by atomic mass is 32.1. The molecule has 1 aromatic carbocycles. The molecule has 0 atom stereocenters. The maximum atomic E-state index is 12.2. The van der Waals surface area contributed by atoms with Gasteiger partial charge in [0.2, 0.25) is 16.0 Å². The maximum Gasteiger partial charge on any atom is 0.223 e. The fourth-order valence-corrected chi connectivity index (χ4v) is 4.39. The number of nitrogens with zero attached hydrogens (tertiary/aromatic N) is 4. The molecule has 7 nitrogen and oxygen atoms in total. The van der Waals surface area contributed by atoms with Crippen LogP contribution in [0.4, 0.5) is 5.13 Å². The van der Waals surface area contributed by atoms with E-state index in [1.54, 1.807) is 18.4 Å². The summed E-state index contributed by atoms with van der Waals surface area (Å²) < 4.78 is 7.05. The summed E-state index contributed by atoms with van der Waals surface area (Å²) >= 11 is 1.59. The molecule has 1 fully saturated rings. The molecule has 1 N–H and O–H groups in total. The third-order valence-corrected chi connectivity index (χ3v) is 5.97. The Labute approximate surface area is 168 Å². The molecule has 2 aromatic heterocycles. The van der Waals surface area contributed by atoms with E-state index >= 15 is 0 Å². The van der Waals surface area contributed by atoms with E-state index in [0.29, 0.717) is 0 Å². The van der Waals surface area contributed by atoms with Crippen molar-refractivity contribution in [1.82, 2.24) is 19.9 Å². The number of carbonyl (C=O) groups excluding carboxylic acids is 1. The van der Waals surface area contributed by atoms with Crippen LogP contribution in [0.5, 0.6) is 5.75 Å². The Morgan fingerprint density at radius 1 is 1.25 bits per heavy atom. The van der Waals surface area contributed by atoms with Crippen LogP contribution in [-0.4, -0.2) is 46.7 Å². The van der Waals surface area contributed by atoms with Crippen molar-refractivity contribution in [3.63, 3.8) is 0 Å². The monoisotopic (exact) mass is 399 g/mol. The number of fused-ring (bicyclic) bond motifs is 1. The number of piperidine rings is 1. The first-order valence-electron chi connectivity index (χ1n) is 9.59. The van der Waals surface area contributed by atoms with Gasteiger partial charge in [-0.1, -0.05) is 11.3 Å². The van der Waals surface area contributed by atoms with E-state index in [9.17, 15) is 4.79 Å². The van der Waals surface area contributed by atoms with Crippen molar-refractivity contribution in [2.24, 2.45) is 5.92 Å². The third-order valence-electron chi connectivity index (χ3n) is 4.99. The minimum Gasteiger partial charge on any atom is -0.497 e. The zero-order valence-electron chi connectivity index (χ0n) is 16.4. The Balaban J connectivity index is 1.43. The molecule has 148 valence electrons. The van der Waals surface area contributed by atoms with Gasteiger partial charge in [-0.2, -0.15) is 0 Å². The molecule has 0 bridgehead atoms.